The second-order valence-electron chi connectivity index (χ2n) is 9.25. The number of anilines is 2. The zero-order valence-electron chi connectivity index (χ0n) is 19.6. The van der Waals surface area contributed by atoms with E-state index in [1.165, 1.54) is 11.8 Å². The maximum absolute atomic E-state index is 11.5. The van der Waals surface area contributed by atoms with Gasteiger partial charge in [-0.2, -0.15) is 5.26 Å². The molecule has 2 aliphatic rings. The van der Waals surface area contributed by atoms with E-state index < -0.39 is 10.0 Å². The second kappa shape index (κ2) is 10.5. The number of sulfonamides is 1. The number of halogens is 1. The van der Waals surface area contributed by atoms with E-state index in [0.29, 0.717) is 34.2 Å². The van der Waals surface area contributed by atoms with Gasteiger partial charge in [0, 0.05) is 38.3 Å². The van der Waals surface area contributed by atoms with Crippen LogP contribution < -0.4 is 9.62 Å². The molecule has 2 aliphatic heterocycles. The quantitative estimate of drug-likeness (QED) is 0.648. The molecule has 1 atom stereocenters. The molecule has 34 heavy (non-hydrogen) atoms. The number of likely N-dealkylation sites (tertiary alicyclic amines) is 1. The van der Waals surface area contributed by atoms with Gasteiger partial charge in [-0.3, -0.25) is 14.5 Å². The Morgan fingerprint density at radius 3 is 2.47 bits per heavy atom. The number of rotatable bonds is 6. The van der Waals surface area contributed by atoms with Crippen LogP contribution in [-0.4, -0.2) is 74.3 Å². The lowest BCUT2D eigenvalue weighted by Gasteiger charge is -2.47. The first kappa shape index (κ1) is 24.7. The summed E-state index contributed by atoms with van der Waals surface area (Å²) in [6, 6.07) is 12.6. The van der Waals surface area contributed by atoms with E-state index in [-0.39, 0.29) is 0 Å². The van der Waals surface area contributed by atoms with Gasteiger partial charge in [-0.15, -0.1) is 0 Å². The minimum atomic E-state index is -3.37. The first-order valence-corrected chi connectivity index (χ1v) is 13.8. The summed E-state index contributed by atoms with van der Waals surface area (Å²) in [5.74, 6) is 0.699. The van der Waals surface area contributed by atoms with Crippen molar-refractivity contribution in [2.24, 2.45) is 0 Å². The third-order valence-electron chi connectivity index (χ3n) is 6.62. The van der Waals surface area contributed by atoms with Gasteiger partial charge in [0.2, 0.25) is 10.0 Å². The molecule has 0 aliphatic carbocycles. The van der Waals surface area contributed by atoms with Crippen LogP contribution in [-0.2, 0) is 16.6 Å². The molecule has 0 spiro atoms. The number of hydrogen-bond acceptors (Lipinski definition) is 7. The summed E-state index contributed by atoms with van der Waals surface area (Å²) in [7, 11) is -3.37. The van der Waals surface area contributed by atoms with E-state index in [9.17, 15) is 8.42 Å². The third-order valence-corrected chi connectivity index (χ3v) is 7.50. The Morgan fingerprint density at radius 2 is 1.88 bits per heavy atom. The minimum absolute atomic E-state index is 0.371. The Hall–Kier alpha value is -2.38. The van der Waals surface area contributed by atoms with Crippen LogP contribution in [0.5, 0.6) is 0 Å². The Labute approximate surface area is 207 Å². The highest BCUT2D eigenvalue weighted by Gasteiger charge is 2.32. The number of hydrogen-bond donors (Lipinski definition) is 1. The predicted molar refractivity (Wildman–Crippen MR) is 136 cm³/mol. The van der Waals surface area contributed by atoms with E-state index in [0.717, 1.165) is 58.4 Å². The lowest BCUT2D eigenvalue weighted by molar-refractivity contribution is 0.0690. The molecule has 2 saturated heterocycles. The highest BCUT2D eigenvalue weighted by atomic mass is 35.5. The third kappa shape index (κ3) is 6.19. The second-order valence-corrected chi connectivity index (χ2v) is 11.4. The van der Waals surface area contributed by atoms with Crippen LogP contribution in [0.25, 0.3) is 0 Å². The molecule has 2 fully saturated rings. The molecule has 8 nitrogen and oxygen atoms in total. The van der Waals surface area contributed by atoms with Crippen molar-refractivity contribution in [1.82, 2.24) is 14.8 Å². The fourth-order valence-electron chi connectivity index (χ4n) is 4.99. The Morgan fingerprint density at radius 1 is 1.18 bits per heavy atom. The lowest BCUT2D eigenvalue weighted by Crippen LogP contribution is -2.57. The van der Waals surface area contributed by atoms with Gasteiger partial charge in [-0.1, -0.05) is 23.7 Å². The van der Waals surface area contributed by atoms with Crippen molar-refractivity contribution in [3.05, 3.63) is 52.7 Å². The van der Waals surface area contributed by atoms with Gasteiger partial charge in [0.1, 0.15) is 5.82 Å². The summed E-state index contributed by atoms with van der Waals surface area (Å²) in [5, 5.41) is 9.42. The normalized spacial score (nSPS) is 20.8. The van der Waals surface area contributed by atoms with E-state index in [4.69, 9.17) is 16.9 Å². The highest BCUT2D eigenvalue weighted by Crippen LogP contribution is 2.30. The number of pyridine rings is 1. The molecule has 0 amide bonds. The van der Waals surface area contributed by atoms with Crippen molar-refractivity contribution in [3.63, 3.8) is 0 Å². The average molecular weight is 503 g/mol. The van der Waals surface area contributed by atoms with Crippen LogP contribution in [0.3, 0.4) is 0 Å². The van der Waals surface area contributed by atoms with Crippen molar-refractivity contribution < 1.29 is 8.42 Å². The Balaban J connectivity index is 1.30. The van der Waals surface area contributed by atoms with E-state index in [2.05, 4.69) is 49.5 Å². The first-order chi connectivity index (χ1) is 16.2. The molecule has 0 unspecified atom stereocenters. The van der Waals surface area contributed by atoms with Gasteiger partial charge in [0.25, 0.3) is 0 Å². The van der Waals surface area contributed by atoms with Crippen molar-refractivity contribution in [3.8, 4) is 6.07 Å². The highest BCUT2D eigenvalue weighted by molar-refractivity contribution is 7.92. The topological polar surface area (TPSA) is 92.6 Å². The zero-order chi connectivity index (χ0) is 24.3. The Kier molecular flexibility index (Phi) is 7.63. The predicted octanol–water partition coefficient (Wildman–Crippen LogP) is 3.15. The van der Waals surface area contributed by atoms with Crippen molar-refractivity contribution in [1.29, 1.82) is 5.26 Å². The van der Waals surface area contributed by atoms with Gasteiger partial charge < -0.3 is 4.90 Å². The molecule has 3 heterocycles. The minimum Gasteiger partial charge on any atom is -0.353 e. The van der Waals surface area contributed by atoms with Crippen LogP contribution >= 0.6 is 11.6 Å². The summed E-state index contributed by atoms with van der Waals surface area (Å²) in [4.78, 5) is 11.7. The summed E-state index contributed by atoms with van der Waals surface area (Å²) in [6.45, 7) is 7.93. The maximum Gasteiger partial charge on any atom is 0.229 e. The largest absolute Gasteiger partial charge is 0.353 e. The first-order valence-electron chi connectivity index (χ1n) is 11.6. The molecule has 4 rings (SSSR count). The van der Waals surface area contributed by atoms with Crippen LogP contribution in [0, 0.1) is 11.3 Å². The molecule has 10 heteroatoms. The number of nitriles is 1. The number of nitrogens with one attached hydrogen (secondary N) is 1. The molecule has 1 aromatic carbocycles. The van der Waals surface area contributed by atoms with Crippen LogP contribution in [0.1, 0.15) is 30.9 Å². The Bertz CT molecular complexity index is 1140. The van der Waals surface area contributed by atoms with E-state index in [1.54, 1.807) is 6.07 Å². The van der Waals surface area contributed by atoms with Gasteiger partial charge >= 0.3 is 0 Å². The van der Waals surface area contributed by atoms with Crippen LogP contribution in [0.15, 0.2) is 36.5 Å². The smallest absolute Gasteiger partial charge is 0.229 e. The number of nitrogens with zero attached hydrogens (tertiary/aromatic N) is 5. The van der Waals surface area contributed by atoms with Gasteiger partial charge in [-0.05, 0) is 56.6 Å². The molecular weight excluding hydrogens is 472 g/mol. The maximum atomic E-state index is 11.5. The van der Waals surface area contributed by atoms with E-state index >= 15 is 0 Å². The molecule has 0 radical (unpaired) electrons. The summed E-state index contributed by atoms with van der Waals surface area (Å²) < 4.78 is 25.3. The van der Waals surface area contributed by atoms with Gasteiger partial charge in [-0.25, -0.2) is 13.4 Å². The van der Waals surface area contributed by atoms with Crippen LogP contribution in [0.4, 0.5) is 11.5 Å². The fraction of sp³-hybridized carbons (Fsp3) is 0.500. The standard InChI is InChI=1S/C24H31ClN6O2S/c1-18-16-30(24-23(25)13-21(15-27-24)28-34(2,32)33)11-12-31(18)22-7-9-29(10-8-22)17-20-5-3-19(14-26)4-6-20/h3-6,13,15,18,22,28H,7-12,16-17H2,1-2H3/t18-/m0/s1. The summed E-state index contributed by atoms with van der Waals surface area (Å²) in [5.41, 5.74) is 2.32. The molecule has 2 aromatic rings. The number of piperidine rings is 1. The molecule has 0 bridgehead atoms. The monoisotopic (exact) mass is 502 g/mol. The molecule has 182 valence electrons. The fourth-order valence-corrected chi connectivity index (χ4v) is 5.82. The molecular formula is C24H31ClN6O2S. The number of piperazine rings is 1. The molecule has 1 N–H and O–H groups in total. The number of benzene rings is 1. The summed E-state index contributed by atoms with van der Waals surface area (Å²) in [6.07, 6.45) is 4.91. The van der Waals surface area contributed by atoms with Crippen molar-refractivity contribution in [2.75, 3.05) is 48.6 Å². The van der Waals surface area contributed by atoms with Crippen molar-refractivity contribution in [2.45, 2.75) is 38.4 Å². The van der Waals surface area contributed by atoms with Crippen LogP contribution in [0.2, 0.25) is 5.02 Å². The van der Waals surface area contributed by atoms with Crippen molar-refractivity contribution >= 4 is 33.1 Å². The SMILES string of the molecule is C[C@H]1CN(c2ncc(NS(C)(=O)=O)cc2Cl)CCN1C1CCN(Cc2ccc(C#N)cc2)CC1. The van der Waals surface area contributed by atoms with E-state index in [1.807, 2.05) is 12.1 Å². The average Bonchev–Trinajstić information content (AvgIpc) is 2.79. The van der Waals surface area contributed by atoms with Gasteiger partial charge in [0.05, 0.1) is 34.8 Å². The van der Waals surface area contributed by atoms with Gasteiger partial charge in [0.15, 0.2) is 0 Å². The zero-order valence-corrected chi connectivity index (χ0v) is 21.2. The summed E-state index contributed by atoms with van der Waals surface area (Å²) >= 11 is 6.45. The number of aromatic nitrogens is 1. The lowest BCUT2D eigenvalue weighted by atomic mass is 9.99. The molecule has 1 aromatic heterocycles. The molecule has 0 saturated carbocycles.